The van der Waals surface area contributed by atoms with Gasteiger partial charge in [-0.1, -0.05) is 0 Å². The second-order valence-corrected chi connectivity index (χ2v) is 7.80. The summed E-state index contributed by atoms with van der Waals surface area (Å²) in [5.41, 5.74) is -0.301. The van der Waals surface area contributed by atoms with Crippen LogP contribution in [-0.2, 0) is 11.0 Å². The van der Waals surface area contributed by atoms with Gasteiger partial charge < -0.3 is 10.2 Å². The summed E-state index contributed by atoms with van der Waals surface area (Å²) in [7, 11) is 0. The molecule has 1 aromatic rings. The number of halogens is 3. The smallest absolute Gasteiger partial charge is 0.326 e. The topological polar surface area (TPSA) is 32.3 Å². The number of rotatable bonds is 8. The van der Waals surface area contributed by atoms with Crippen LogP contribution in [0.3, 0.4) is 0 Å². The lowest BCUT2D eigenvalue weighted by atomic mass is 9.93. The van der Waals surface area contributed by atoms with E-state index in [4.69, 9.17) is 0 Å². The van der Waals surface area contributed by atoms with Crippen molar-refractivity contribution in [1.29, 1.82) is 0 Å². The molecule has 0 bridgehead atoms. The van der Waals surface area contributed by atoms with Gasteiger partial charge in [0.15, 0.2) is 0 Å². The van der Waals surface area contributed by atoms with E-state index in [2.05, 4.69) is 16.5 Å². The van der Waals surface area contributed by atoms with Gasteiger partial charge in [-0.15, -0.1) is 0 Å². The Morgan fingerprint density at radius 3 is 2.69 bits per heavy atom. The minimum absolute atomic E-state index is 0.135. The Hall–Kier alpha value is -1.21. The summed E-state index contributed by atoms with van der Waals surface area (Å²) in [5, 5.41) is 2.69. The normalized spacial score (nSPS) is 18.7. The zero-order valence-electron chi connectivity index (χ0n) is 15.1. The lowest BCUT2D eigenvalue weighted by Crippen LogP contribution is -2.36. The summed E-state index contributed by atoms with van der Waals surface area (Å²) in [5.74, 6) is 1.57. The number of piperidine rings is 1. The van der Waals surface area contributed by atoms with Crippen molar-refractivity contribution in [2.45, 2.75) is 38.3 Å². The summed E-state index contributed by atoms with van der Waals surface area (Å²) in [6.45, 7) is 3.31. The summed E-state index contributed by atoms with van der Waals surface area (Å²) in [4.78, 5) is 14.6. The molecule has 1 atom stereocenters. The van der Waals surface area contributed by atoms with E-state index in [1.165, 1.54) is 30.7 Å². The number of carbonyl (C=O) groups is 1. The van der Waals surface area contributed by atoms with Crippen molar-refractivity contribution in [3.8, 4) is 0 Å². The molecule has 0 aromatic heterocycles. The van der Waals surface area contributed by atoms with E-state index in [1.54, 1.807) is 0 Å². The molecule has 0 unspecified atom stereocenters. The number of nitrogens with zero attached hydrogens (tertiary/aromatic N) is 1. The second kappa shape index (κ2) is 10.2. The number of hydrogen-bond donors (Lipinski definition) is 1. The Morgan fingerprint density at radius 2 is 2.04 bits per heavy atom. The van der Waals surface area contributed by atoms with Gasteiger partial charge in [-0.2, -0.15) is 24.9 Å². The Labute approximate surface area is 157 Å². The number of anilines is 1. The van der Waals surface area contributed by atoms with Gasteiger partial charge in [-0.05, 0) is 81.0 Å². The minimum Gasteiger partial charge on any atom is -0.326 e. The fraction of sp³-hybridized carbons (Fsp3) is 0.632. The summed E-state index contributed by atoms with van der Waals surface area (Å²) in [6, 6.07) is 4.58. The van der Waals surface area contributed by atoms with E-state index in [0.29, 0.717) is 18.0 Å². The van der Waals surface area contributed by atoms with Crippen LogP contribution < -0.4 is 5.32 Å². The average Bonchev–Trinajstić information content (AvgIpc) is 2.60. The molecule has 1 heterocycles. The maximum atomic E-state index is 12.5. The SMILES string of the molecule is CSCCCN1CCC[C@@H](CCC(=O)Nc2ccc(C(F)(F)F)cc2)C1. The molecule has 1 saturated heterocycles. The molecule has 3 nitrogen and oxygen atoms in total. The molecule has 1 N–H and O–H groups in total. The first-order chi connectivity index (χ1) is 12.4. The number of hydrogen-bond acceptors (Lipinski definition) is 3. The number of alkyl halides is 3. The third-order valence-corrected chi connectivity index (χ3v) is 5.40. The highest BCUT2D eigenvalue weighted by Crippen LogP contribution is 2.30. The Bertz CT molecular complexity index is 563. The molecule has 1 amide bonds. The molecule has 0 saturated carbocycles. The lowest BCUT2D eigenvalue weighted by molar-refractivity contribution is -0.137. The van der Waals surface area contributed by atoms with Gasteiger partial charge in [0.1, 0.15) is 0 Å². The van der Waals surface area contributed by atoms with Gasteiger partial charge in [0, 0.05) is 18.7 Å². The Balaban J connectivity index is 1.72. The molecule has 1 fully saturated rings. The molecule has 1 aromatic carbocycles. The number of likely N-dealkylation sites (tertiary alicyclic amines) is 1. The van der Waals surface area contributed by atoms with Crippen LogP contribution >= 0.6 is 11.8 Å². The van der Waals surface area contributed by atoms with Crippen LogP contribution in [0.25, 0.3) is 0 Å². The van der Waals surface area contributed by atoms with Crippen molar-refractivity contribution in [1.82, 2.24) is 4.90 Å². The first kappa shape index (κ1) is 21.1. The van der Waals surface area contributed by atoms with Crippen molar-refractivity contribution in [3.63, 3.8) is 0 Å². The largest absolute Gasteiger partial charge is 0.416 e. The molecule has 0 aliphatic carbocycles. The number of benzene rings is 1. The van der Waals surface area contributed by atoms with Crippen LogP contribution in [0.15, 0.2) is 24.3 Å². The van der Waals surface area contributed by atoms with Gasteiger partial charge >= 0.3 is 6.18 Å². The summed E-state index contributed by atoms with van der Waals surface area (Å²) >= 11 is 1.87. The highest BCUT2D eigenvalue weighted by Gasteiger charge is 2.30. The van der Waals surface area contributed by atoms with Crippen LogP contribution in [0.1, 0.15) is 37.7 Å². The zero-order valence-corrected chi connectivity index (χ0v) is 16.0. The van der Waals surface area contributed by atoms with Gasteiger partial charge in [0.05, 0.1) is 5.56 Å². The van der Waals surface area contributed by atoms with Crippen LogP contribution in [0.4, 0.5) is 18.9 Å². The number of thioether (sulfide) groups is 1. The standard InChI is InChI=1S/C19H27F3N2OS/c1-26-13-3-12-24-11-2-4-15(14-24)5-10-18(25)23-17-8-6-16(7-9-17)19(20,21)22/h6-9,15H,2-5,10-14H2,1H3,(H,23,25)/t15-/m0/s1. The summed E-state index contributed by atoms with van der Waals surface area (Å²) < 4.78 is 37.6. The highest BCUT2D eigenvalue weighted by molar-refractivity contribution is 7.98. The fourth-order valence-electron chi connectivity index (χ4n) is 3.32. The molecule has 26 heavy (non-hydrogen) atoms. The predicted octanol–water partition coefficient (Wildman–Crippen LogP) is 4.89. The first-order valence-corrected chi connectivity index (χ1v) is 10.5. The molecule has 1 aliphatic heterocycles. The van der Waals surface area contributed by atoms with Crippen molar-refractivity contribution in [2.75, 3.05) is 37.0 Å². The van der Waals surface area contributed by atoms with E-state index in [0.717, 1.165) is 44.6 Å². The van der Waals surface area contributed by atoms with Gasteiger partial charge in [-0.25, -0.2) is 0 Å². The summed E-state index contributed by atoms with van der Waals surface area (Å²) in [6.07, 6.45) is 2.51. The number of amides is 1. The van der Waals surface area contributed by atoms with Gasteiger partial charge in [-0.3, -0.25) is 4.79 Å². The molecule has 1 aliphatic rings. The third-order valence-electron chi connectivity index (χ3n) is 4.70. The van der Waals surface area contributed by atoms with Gasteiger partial charge in [0.2, 0.25) is 5.91 Å². The first-order valence-electron chi connectivity index (χ1n) is 9.07. The zero-order chi connectivity index (χ0) is 19.0. The van der Waals surface area contributed by atoms with Crippen molar-refractivity contribution >= 4 is 23.4 Å². The third kappa shape index (κ3) is 7.19. The molecule has 2 rings (SSSR count). The van der Waals surface area contributed by atoms with E-state index in [1.807, 2.05) is 11.8 Å². The Kier molecular flexibility index (Phi) is 8.28. The monoisotopic (exact) mass is 388 g/mol. The van der Waals surface area contributed by atoms with Crippen molar-refractivity contribution < 1.29 is 18.0 Å². The van der Waals surface area contributed by atoms with Gasteiger partial charge in [0.25, 0.3) is 0 Å². The van der Waals surface area contributed by atoms with E-state index in [9.17, 15) is 18.0 Å². The molecule has 7 heteroatoms. The van der Waals surface area contributed by atoms with E-state index in [-0.39, 0.29) is 5.91 Å². The molecular formula is C19H27F3N2OS. The quantitative estimate of drug-likeness (QED) is 0.644. The highest BCUT2D eigenvalue weighted by atomic mass is 32.2. The van der Waals surface area contributed by atoms with Crippen LogP contribution in [0, 0.1) is 5.92 Å². The minimum atomic E-state index is -4.36. The van der Waals surface area contributed by atoms with Crippen LogP contribution in [0.2, 0.25) is 0 Å². The van der Waals surface area contributed by atoms with Crippen molar-refractivity contribution in [3.05, 3.63) is 29.8 Å². The lowest BCUT2D eigenvalue weighted by Gasteiger charge is -2.32. The maximum absolute atomic E-state index is 12.5. The molecule has 0 radical (unpaired) electrons. The van der Waals surface area contributed by atoms with E-state index < -0.39 is 11.7 Å². The van der Waals surface area contributed by atoms with Crippen LogP contribution in [-0.4, -0.2) is 42.4 Å². The van der Waals surface area contributed by atoms with Crippen LogP contribution in [0.5, 0.6) is 0 Å². The fourth-order valence-corrected chi connectivity index (χ4v) is 3.74. The molecule has 146 valence electrons. The van der Waals surface area contributed by atoms with E-state index >= 15 is 0 Å². The maximum Gasteiger partial charge on any atom is 0.416 e. The predicted molar refractivity (Wildman–Crippen MR) is 101 cm³/mol. The molecule has 0 spiro atoms. The molecular weight excluding hydrogens is 361 g/mol. The van der Waals surface area contributed by atoms with Crippen molar-refractivity contribution in [2.24, 2.45) is 5.92 Å². The second-order valence-electron chi connectivity index (χ2n) is 6.82. The number of nitrogens with one attached hydrogen (secondary N) is 1. The average molecular weight is 388 g/mol. The Morgan fingerprint density at radius 1 is 1.31 bits per heavy atom. The number of carbonyl (C=O) groups excluding carboxylic acids is 1.